The lowest BCUT2D eigenvalue weighted by molar-refractivity contribution is 0.0705. The molecule has 1 saturated heterocycles. The molecule has 1 aliphatic rings. The van der Waals surface area contributed by atoms with Crippen molar-refractivity contribution in [3.63, 3.8) is 0 Å². The van der Waals surface area contributed by atoms with Gasteiger partial charge in [-0.3, -0.25) is 0 Å². The summed E-state index contributed by atoms with van der Waals surface area (Å²) in [4.78, 5) is 0. The smallest absolute Gasteiger partial charge is 0.0619 e. The van der Waals surface area contributed by atoms with Crippen molar-refractivity contribution in [2.24, 2.45) is 0 Å². The van der Waals surface area contributed by atoms with Gasteiger partial charge < -0.3 is 10.1 Å². The summed E-state index contributed by atoms with van der Waals surface area (Å²) in [7, 11) is 0. The molecule has 1 N–H and O–H groups in total. The lowest BCUT2D eigenvalue weighted by Gasteiger charge is -2.23. The summed E-state index contributed by atoms with van der Waals surface area (Å²) < 4.78 is 5.43. The highest BCUT2D eigenvalue weighted by molar-refractivity contribution is 5.14. The molecule has 0 amide bonds. The molecule has 2 rings (SSSR count). The van der Waals surface area contributed by atoms with Crippen LogP contribution in [0.4, 0.5) is 0 Å². The van der Waals surface area contributed by atoms with Crippen LogP contribution in [0, 0.1) is 0 Å². The maximum Gasteiger partial charge on any atom is 0.0619 e. The van der Waals surface area contributed by atoms with E-state index in [1.165, 1.54) is 31.2 Å². The largest absolute Gasteiger partial charge is 0.380 e. The van der Waals surface area contributed by atoms with Gasteiger partial charge in [-0.2, -0.15) is 0 Å². The van der Waals surface area contributed by atoms with E-state index in [4.69, 9.17) is 4.74 Å². The Balaban J connectivity index is 1.58. The number of hydrogen-bond donors (Lipinski definition) is 1. The number of benzene rings is 1. The lowest BCUT2D eigenvalue weighted by Crippen LogP contribution is -2.37. The Hall–Kier alpha value is -0.860. The van der Waals surface area contributed by atoms with Gasteiger partial charge in [0.25, 0.3) is 0 Å². The minimum Gasteiger partial charge on any atom is -0.380 e. The van der Waals surface area contributed by atoms with E-state index < -0.39 is 0 Å². The molecule has 0 radical (unpaired) electrons. The zero-order valence-corrected chi connectivity index (χ0v) is 9.82. The molecule has 0 bridgehead atoms. The zero-order chi connectivity index (χ0) is 11.1. The van der Waals surface area contributed by atoms with E-state index in [2.05, 4.69) is 35.6 Å². The molecule has 1 heterocycles. The van der Waals surface area contributed by atoms with Crippen molar-refractivity contribution in [1.29, 1.82) is 0 Å². The van der Waals surface area contributed by atoms with Crippen molar-refractivity contribution in [2.75, 3.05) is 19.8 Å². The van der Waals surface area contributed by atoms with Crippen LogP contribution in [-0.2, 0) is 11.2 Å². The highest BCUT2D eigenvalue weighted by Crippen LogP contribution is 2.06. The molecule has 2 heteroatoms. The van der Waals surface area contributed by atoms with Crippen molar-refractivity contribution < 1.29 is 4.74 Å². The molecule has 88 valence electrons. The molecule has 16 heavy (non-hydrogen) atoms. The fourth-order valence-electron chi connectivity index (χ4n) is 2.15. The number of rotatable bonds is 5. The molecule has 2 nitrogen and oxygen atoms in total. The molecular formula is C14H21NO. The third-order valence-electron chi connectivity index (χ3n) is 3.08. The van der Waals surface area contributed by atoms with Gasteiger partial charge in [-0.1, -0.05) is 30.3 Å². The van der Waals surface area contributed by atoms with E-state index in [1.54, 1.807) is 0 Å². The molecule has 1 fully saturated rings. The zero-order valence-electron chi connectivity index (χ0n) is 9.82. The highest BCUT2D eigenvalue weighted by atomic mass is 16.5. The SMILES string of the molecule is c1ccc(CCCNC2CCCOC2)cc1. The molecule has 1 aliphatic heterocycles. The van der Waals surface area contributed by atoms with Gasteiger partial charge in [0.05, 0.1) is 6.61 Å². The molecule has 0 aromatic heterocycles. The summed E-state index contributed by atoms with van der Waals surface area (Å²) in [6.45, 7) is 2.94. The molecule has 0 spiro atoms. The average molecular weight is 219 g/mol. The van der Waals surface area contributed by atoms with Crippen LogP contribution in [0.1, 0.15) is 24.8 Å². The molecule has 0 saturated carbocycles. The molecule has 1 aromatic carbocycles. The van der Waals surface area contributed by atoms with Gasteiger partial charge in [0, 0.05) is 12.6 Å². The fourth-order valence-corrected chi connectivity index (χ4v) is 2.15. The molecular weight excluding hydrogens is 198 g/mol. The van der Waals surface area contributed by atoms with Crippen molar-refractivity contribution in [1.82, 2.24) is 5.32 Å². The van der Waals surface area contributed by atoms with Crippen LogP contribution in [0.3, 0.4) is 0 Å². The van der Waals surface area contributed by atoms with Gasteiger partial charge in [0.1, 0.15) is 0 Å². The molecule has 0 aliphatic carbocycles. The monoisotopic (exact) mass is 219 g/mol. The quantitative estimate of drug-likeness (QED) is 0.768. The van der Waals surface area contributed by atoms with Gasteiger partial charge in [-0.25, -0.2) is 0 Å². The van der Waals surface area contributed by atoms with Gasteiger partial charge in [-0.05, 0) is 37.8 Å². The second-order valence-corrected chi connectivity index (χ2v) is 4.46. The van der Waals surface area contributed by atoms with Crippen molar-refractivity contribution in [3.05, 3.63) is 35.9 Å². The van der Waals surface area contributed by atoms with E-state index in [0.29, 0.717) is 6.04 Å². The predicted octanol–water partition coefficient (Wildman–Crippen LogP) is 2.39. The van der Waals surface area contributed by atoms with Gasteiger partial charge in [0.15, 0.2) is 0 Å². The summed E-state index contributed by atoms with van der Waals surface area (Å²) in [5, 5.41) is 3.57. The lowest BCUT2D eigenvalue weighted by atomic mass is 10.1. The van der Waals surface area contributed by atoms with Gasteiger partial charge in [-0.15, -0.1) is 0 Å². The highest BCUT2D eigenvalue weighted by Gasteiger charge is 2.11. The topological polar surface area (TPSA) is 21.3 Å². The van der Waals surface area contributed by atoms with Crippen LogP contribution in [0.15, 0.2) is 30.3 Å². The molecule has 1 aromatic rings. The third kappa shape index (κ3) is 3.95. The average Bonchev–Trinajstić information content (AvgIpc) is 2.37. The van der Waals surface area contributed by atoms with Crippen molar-refractivity contribution >= 4 is 0 Å². The van der Waals surface area contributed by atoms with Crippen LogP contribution in [0.2, 0.25) is 0 Å². The number of hydrogen-bond acceptors (Lipinski definition) is 2. The Labute approximate surface area is 98.0 Å². The van der Waals surface area contributed by atoms with Gasteiger partial charge >= 0.3 is 0 Å². The van der Waals surface area contributed by atoms with Crippen LogP contribution in [0.25, 0.3) is 0 Å². The summed E-state index contributed by atoms with van der Waals surface area (Å²) >= 11 is 0. The normalized spacial score (nSPS) is 20.9. The van der Waals surface area contributed by atoms with Crippen molar-refractivity contribution in [2.45, 2.75) is 31.7 Å². The standard InChI is InChI=1S/C14H21NO/c1-2-6-13(7-3-1)8-4-10-15-14-9-5-11-16-12-14/h1-3,6-7,14-15H,4-5,8-12H2. The summed E-state index contributed by atoms with van der Waals surface area (Å²) in [6.07, 6.45) is 4.85. The molecule has 1 unspecified atom stereocenters. The second-order valence-electron chi connectivity index (χ2n) is 4.46. The number of ether oxygens (including phenoxy) is 1. The number of nitrogens with one attached hydrogen (secondary N) is 1. The number of aryl methyl sites for hydroxylation is 1. The predicted molar refractivity (Wildman–Crippen MR) is 66.6 cm³/mol. The van der Waals surface area contributed by atoms with Gasteiger partial charge in [0.2, 0.25) is 0 Å². The minimum absolute atomic E-state index is 0.588. The maximum atomic E-state index is 5.43. The Bertz CT molecular complexity index is 280. The maximum absolute atomic E-state index is 5.43. The summed E-state index contributed by atoms with van der Waals surface area (Å²) in [5.74, 6) is 0. The van der Waals surface area contributed by atoms with Crippen LogP contribution < -0.4 is 5.32 Å². The fraction of sp³-hybridized carbons (Fsp3) is 0.571. The first-order valence-electron chi connectivity index (χ1n) is 6.30. The van der Waals surface area contributed by atoms with E-state index in [9.17, 15) is 0 Å². The van der Waals surface area contributed by atoms with E-state index in [0.717, 1.165) is 19.8 Å². The van der Waals surface area contributed by atoms with E-state index in [-0.39, 0.29) is 0 Å². The first-order valence-corrected chi connectivity index (χ1v) is 6.30. The Morgan fingerprint density at radius 2 is 2.12 bits per heavy atom. The first-order chi connectivity index (χ1) is 7.95. The minimum atomic E-state index is 0.588. The van der Waals surface area contributed by atoms with E-state index in [1.807, 2.05) is 0 Å². The molecule has 1 atom stereocenters. The van der Waals surface area contributed by atoms with Crippen LogP contribution >= 0.6 is 0 Å². The third-order valence-corrected chi connectivity index (χ3v) is 3.08. The second kappa shape index (κ2) is 6.66. The Morgan fingerprint density at radius 3 is 2.88 bits per heavy atom. The van der Waals surface area contributed by atoms with Crippen LogP contribution in [-0.4, -0.2) is 25.8 Å². The van der Waals surface area contributed by atoms with E-state index >= 15 is 0 Å². The van der Waals surface area contributed by atoms with Crippen LogP contribution in [0.5, 0.6) is 0 Å². The van der Waals surface area contributed by atoms with Crippen molar-refractivity contribution in [3.8, 4) is 0 Å². The first kappa shape index (κ1) is 11.6. The summed E-state index contributed by atoms with van der Waals surface area (Å²) in [5.41, 5.74) is 1.43. The Morgan fingerprint density at radius 1 is 1.25 bits per heavy atom. The Kier molecular flexibility index (Phi) is 4.84. The summed E-state index contributed by atoms with van der Waals surface area (Å²) in [6, 6.07) is 11.3.